The molecule has 4 heteroatoms. The molecule has 0 aromatic heterocycles. The van der Waals surface area contributed by atoms with E-state index in [0.29, 0.717) is 12.1 Å². The van der Waals surface area contributed by atoms with Gasteiger partial charge in [-0.25, -0.2) is 0 Å². The fourth-order valence-corrected chi connectivity index (χ4v) is 7.99. The van der Waals surface area contributed by atoms with E-state index in [-0.39, 0.29) is 0 Å². The molecule has 3 aromatic rings. The van der Waals surface area contributed by atoms with Gasteiger partial charge in [0, 0.05) is 26.7 Å². The van der Waals surface area contributed by atoms with Crippen LogP contribution in [0, 0.1) is 6.92 Å². The van der Waals surface area contributed by atoms with Crippen molar-refractivity contribution in [2.45, 2.75) is 38.4 Å². The minimum atomic E-state index is -0.700. The predicted octanol–water partition coefficient (Wildman–Crippen LogP) is 8.72. The molecular formula is C27H27Cl2OSi. The average molecular weight is 467 g/mol. The lowest BCUT2D eigenvalue weighted by molar-refractivity contribution is 0.362. The molecule has 4 rings (SSSR count). The SMILES string of the molecule is C=CCOc1c(C)cccc1-c1c(Cl)ccc2c1C([Si](CC)CC)c1cc(Cl)ccc1-2. The van der Waals surface area contributed by atoms with Gasteiger partial charge in [0.1, 0.15) is 12.4 Å². The van der Waals surface area contributed by atoms with Crippen LogP contribution >= 0.6 is 23.2 Å². The van der Waals surface area contributed by atoms with Crippen LogP contribution in [0.3, 0.4) is 0 Å². The highest BCUT2D eigenvalue weighted by Gasteiger charge is 2.37. The lowest BCUT2D eigenvalue weighted by Gasteiger charge is -2.25. The summed E-state index contributed by atoms with van der Waals surface area (Å²) >= 11 is 13.4. The predicted molar refractivity (Wildman–Crippen MR) is 136 cm³/mol. The number of rotatable bonds is 7. The molecule has 159 valence electrons. The van der Waals surface area contributed by atoms with Crippen molar-refractivity contribution in [2.75, 3.05) is 6.61 Å². The van der Waals surface area contributed by atoms with Crippen LogP contribution < -0.4 is 4.74 Å². The van der Waals surface area contributed by atoms with Crippen molar-refractivity contribution in [2.24, 2.45) is 0 Å². The van der Waals surface area contributed by atoms with E-state index in [9.17, 15) is 0 Å². The first kappa shape index (κ1) is 22.2. The smallest absolute Gasteiger partial charge is 0.130 e. The van der Waals surface area contributed by atoms with Crippen molar-refractivity contribution >= 4 is 32.0 Å². The van der Waals surface area contributed by atoms with Crippen LogP contribution in [0.4, 0.5) is 0 Å². The molecule has 1 atom stereocenters. The van der Waals surface area contributed by atoms with Gasteiger partial charge in [-0.2, -0.15) is 0 Å². The fourth-order valence-electron chi connectivity index (χ4n) is 4.84. The highest BCUT2D eigenvalue weighted by molar-refractivity contribution is 6.62. The molecule has 0 amide bonds. The summed E-state index contributed by atoms with van der Waals surface area (Å²) in [4.78, 5) is 0. The topological polar surface area (TPSA) is 9.23 Å². The van der Waals surface area contributed by atoms with Gasteiger partial charge in [-0.05, 0) is 52.9 Å². The minimum absolute atomic E-state index is 0.352. The van der Waals surface area contributed by atoms with Crippen LogP contribution in [-0.4, -0.2) is 15.4 Å². The molecule has 1 unspecified atom stereocenters. The number of hydrogen-bond acceptors (Lipinski definition) is 1. The summed E-state index contributed by atoms with van der Waals surface area (Å²) in [6.45, 7) is 11.0. The fraction of sp³-hybridized carbons (Fsp3) is 0.259. The van der Waals surface area contributed by atoms with Gasteiger partial charge < -0.3 is 4.74 Å². The van der Waals surface area contributed by atoms with Crippen molar-refractivity contribution in [1.82, 2.24) is 0 Å². The van der Waals surface area contributed by atoms with Gasteiger partial charge in [-0.3, -0.25) is 0 Å². The Kier molecular flexibility index (Phi) is 6.62. The van der Waals surface area contributed by atoms with Crippen molar-refractivity contribution < 1.29 is 4.74 Å². The zero-order chi connectivity index (χ0) is 22.1. The maximum atomic E-state index is 6.94. The molecule has 0 bridgehead atoms. The normalized spacial score (nSPS) is 14.5. The Hall–Kier alpha value is -2.00. The Balaban J connectivity index is 2.04. The highest BCUT2D eigenvalue weighted by Crippen LogP contribution is 2.54. The molecule has 0 N–H and O–H groups in total. The third-order valence-electron chi connectivity index (χ3n) is 6.24. The van der Waals surface area contributed by atoms with Crippen LogP contribution in [-0.2, 0) is 0 Å². The van der Waals surface area contributed by atoms with E-state index in [1.54, 1.807) is 6.08 Å². The number of fused-ring (bicyclic) bond motifs is 3. The summed E-state index contributed by atoms with van der Waals surface area (Å²) < 4.78 is 6.14. The van der Waals surface area contributed by atoms with Gasteiger partial charge in [-0.15, -0.1) is 0 Å². The maximum Gasteiger partial charge on any atom is 0.130 e. The standard InChI is InChI=1S/C27H27Cl2OSi/c1-5-15-30-26-17(4)9-8-10-21(26)24-23(29)14-13-20-19-12-11-18(28)16-22(19)27(25(20)24)31(6-2)7-3/h5,8-14,16,27H,1,6-7,15H2,2-4H3. The number of para-hydroxylation sites is 1. The second-order valence-corrected chi connectivity index (χ2v) is 12.1. The zero-order valence-corrected chi connectivity index (χ0v) is 20.8. The Bertz CT molecular complexity index is 1130. The van der Waals surface area contributed by atoms with Crippen LogP contribution in [0.15, 0.2) is 61.2 Å². The molecule has 0 aliphatic heterocycles. The summed E-state index contributed by atoms with van der Waals surface area (Å²) in [6.07, 6.45) is 1.78. The van der Waals surface area contributed by atoms with Crippen LogP contribution in [0.1, 0.15) is 36.1 Å². The third-order valence-corrected chi connectivity index (χ3v) is 10.0. The van der Waals surface area contributed by atoms with E-state index in [4.69, 9.17) is 27.9 Å². The van der Waals surface area contributed by atoms with Gasteiger partial charge >= 0.3 is 0 Å². The first-order chi connectivity index (χ1) is 15.0. The molecule has 1 aliphatic rings. The minimum Gasteiger partial charge on any atom is -0.489 e. The molecule has 1 nitrogen and oxygen atoms in total. The van der Waals surface area contributed by atoms with Gasteiger partial charge in [0.05, 0.1) is 8.80 Å². The Morgan fingerprint density at radius 2 is 1.74 bits per heavy atom. The average Bonchev–Trinajstić information content (AvgIpc) is 3.07. The summed E-state index contributed by atoms with van der Waals surface area (Å²) in [7, 11) is -0.700. The maximum absolute atomic E-state index is 6.94. The van der Waals surface area contributed by atoms with Crippen molar-refractivity contribution in [1.29, 1.82) is 0 Å². The largest absolute Gasteiger partial charge is 0.489 e. The zero-order valence-electron chi connectivity index (χ0n) is 18.3. The summed E-state index contributed by atoms with van der Waals surface area (Å²) in [5, 5.41) is 1.56. The molecule has 0 spiro atoms. The number of benzene rings is 3. The quantitative estimate of drug-likeness (QED) is 0.250. The number of halogens is 2. The van der Waals surface area contributed by atoms with E-state index in [2.05, 4.69) is 63.7 Å². The second-order valence-electron chi connectivity index (χ2n) is 7.96. The summed E-state index contributed by atoms with van der Waals surface area (Å²) in [5.74, 6) is 0.882. The van der Waals surface area contributed by atoms with E-state index in [0.717, 1.165) is 32.5 Å². The Morgan fingerprint density at radius 3 is 2.45 bits per heavy atom. The highest BCUT2D eigenvalue weighted by atomic mass is 35.5. The number of aryl methyl sites for hydroxylation is 1. The molecule has 0 saturated heterocycles. The lowest BCUT2D eigenvalue weighted by Crippen LogP contribution is -2.22. The van der Waals surface area contributed by atoms with Gasteiger partial charge in [0.25, 0.3) is 0 Å². The molecular weight excluding hydrogens is 439 g/mol. The second kappa shape index (κ2) is 9.24. The summed E-state index contributed by atoms with van der Waals surface area (Å²) in [5.41, 5.74) is 8.86. The molecule has 1 radical (unpaired) electrons. The van der Waals surface area contributed by atoms with Gasteiger partial charge in [-0.1, -0.05) is 92.1 Å². The van der Waals surface area contributed by atoms with Gasteiger partial charge in [0.15, 0.2) is 0 Å². The number of hydrogen-bond donors (Lipinski definition) is 0. The number of ether oxygens (including phenoxy) is 1. The Morgan fingerprint density at radius 1 is 1.00 bits per heavy atom. The lowest BCUT2D eigenvalue weighted by atomic mass is 9.93. The first-order valence-corrected chi connectivity index (χ1v) is 13.6. The monoisotopic (exact) mass is 465 g/mol. The van der Waals surface area contributed by atoms with Crippen LogP contribution in [0.2, 0.25) is 22.1 Å². The Labute approximate surface area is 197 Å². The van der Waals surface area contributed by atoms with Crippen LogP contribution in [0.5, 0.6) is 5.75 Å². The van der Waals surface area contributed by atoms with E-state index < -0.39 is 8.80 Å². The summed E-state index contributed by atoms with van der Waals surface area (Å²) in [6, 6.07) is 19.2. The molecule has 0 saturated carbocycles. The van der Waals surface area contributed by atoms with Gasteiger partial charge in [0.2, 0.25) is 0 Å². The molecule has 0 fully saturated rings. The molecule has 31 heavy (non-hydrogen) atoms. The van der Waals surface area contributed by atoms with E-state index >= 15 is 0 Å². The van der Waals surface area contributed by atoms with E-state index in [1.807, 2.05) is 12.1 Å². The van der Waals surface area contributed by atoms with Crippen molar-refractivity contribution in [3.8, 4) is 28.0 Å². The van der Waals surface area contributed by atoms with Crippen molar-refractivity contribution in [3.63, 3.8) is 0 Å². The van der Waals surface area contributed by atoms with E-state index in [1.165, 1.54) is 34.3 Å². The third kappa shape index (κ3) is 3.86. The van der Waals surface area contributed by atoms with Crippen molar-refractivity contribution in [3.05, 3.63) is 87.9 Å². The molecule has 0 heterocycles. The molecule has 3 aromatic carbocycles. The first-order valence-electron chi connectivity index (χ1n) is 10.8. The van der Waals surface area contributed by atoms with Crippen LogP contribution in [0.25, 0.3) is 22.3 Å². The molecule has 1 aliphatic carbocycles.